The molecular formula is C18H14N2O4S. The quantitative estimate of drug-likeness (QED) is 0.512. The molecule has 1 aromatic heterocycles. The van der Waals surface area contributed by atoms with E-state index in [9.17, 15) is 4.79 Å². The number of rotatable bonds is 5. The summed E-state index contributed by atoms with van der Waals surface area (Å²) in [5.74, 6) is 1.92. The van der Waals surface area contributed by atoms with Crippen molar-refractivity contribution in [1.29, 1.82) is 0 Å². The number of hydrogen-bond donors (Lipinski definition) is 0. The first kappa shape index (κ1) is 15.7. The lowest BCUT2D eigenvalue weighted by Gasteiger charge is -2.23. The normalized spacial score (nSPS) is 15.8. The third-order valence-corrected chi connectivity index (χ3v) is 4.45. The van der Waals surface area contributed by atoms with Gasteiger partial charge in [0.05, 0.1) is 5.75 Å². The van der Waals surface area contributed by atoms with Gasteiger partial charge in [0.1, 0.15) is 6.61 Å². The van der Waals surface area contributed by atoms with Crippen LogP contribution in [0.1, 0.15) is 22.4 Å². The van der Waals surface area contributed by atoms with Gasteiger partial charge in [0, 0.05) is 5.56 Å². The molecule has 0 amide bonds. The predicted molar refractivity (Wildman–Crippen MR) is 91.1 cm³/mol. The van der Waals surface area contributed by atoms with Gasteiger partial charge in [0.25, 0.3) is 11.1 Å². The number of para-hydroxylation sites is 2. The molecule has 2 aromatic carbocycles. The number of hydrogen-bond acceptors (Lipinski definition) is 7. The largest absolute Gasteiger partial charge is 0.485 e. The maximum absolute atomic E-state index is 12.1. The molecular weight excluding hydrogens is 340 g/mol. The van der Waals surface area contributed by atoms with Gasteiger partial charge in [0.15, 0.2) is 17.3 Å². The van der Waals surface area contributed by atoms with Gasteiger partial charge in [-0.15, -0.1) is 10.2 Å². The third-order valence-electron chi connectivity index (χ3n) is 3.63. The fourth-order valence-electron chi connectivity index (χ4n) is 2.38. The Morgan fingerprint density at radius 3 is 2.64 bits per heavy atom. The zero-order valence-corrected chi connectivity index (χ0v) is 13.9. The zero-order chi connectivity index (χ0) is 17.1. The fourth-order valence-corrected chi connectivity index (χ4v) is 3.05. The van der Waals surface area contributed by atoms with Crippen molar-refractivity contribution in [3.8, 4) is 11.5 Å². The Labute approximate surface area is 148 Å². The summed E-state index contributed by atoms with van der Waals surface area (Å²) in [4.78, 5) is 12.1. The lowest BCUT2D eigenvalue weighted by molar-refractivity contribution is 0.0686. The number of thioether (sulfide) groups is 1. The van der Waals surface area contributed by atoms with E-state index in [-0.39, 0.29) is 11.5 Å². The molecule has 0 N–H and O–H groups in total. The van der Waals surface area contributed by atoms with E-state index in [1.807, 2.05) is 42.5 Å². The highest BCUT2D eigenvalue weighted by molar-refractivity contribution is 7.99. The van der Waals surface area contributed by atoms with Crippen molar-refractivity contribution in [3.05, 3.63) is 66.1 Å². The Morgan fingerprint density at radius 2 is 1.80 bits per heavy atom. The molecule has 0 spiro atoms. The topological polar surface area (TPSA) is 74.5 Å². The summed E-state index contributed by atoms with van der Waals surface area (Å²) in [5, 5.41) is 8.32. The first-order chi connectivity index (χ1) is 12.3. The number of carbonyl (C=O) groups excluding carboxylic acids is 1. The van der Waals surface area contributed by atoms with Crippen LogP contribution in [-0.4, -0.2) is 28.3 Å². The standard InChI is InChI=1S/C18H14N2O4S/c21-13(12-6-2-1-3-7-12)11-25-18-20-19-17(24-18)16-10-22-14-8-4-5-9-15(14)23-16/h1-9,16H,10-11H2. The van der Waals surface area contributed by atoms with Crippen molar-refractivity contribution in [2.75, 3.05) is 12.4 Å². The van der Waals surface area contributed by atoms with Gasteiger partial charge >= 0.3 is 0 Å². The van der Waals surface area contributed by atoms with Crippen LogP contribution in [0, 0.1) is 0 Å². The molecule has 25 heavy (non-hydrogen) atoms. The van der Waals surface area contributed by atoms with Crippen molar-refractivity contribution in [1.82, 2.24) is 10.2 Å². The minimum Gasteiger partial charge on any atom is -0.485 e. The van der Waals surface area contributed by atoms with E-state index in [4.69, 9.17) is 13.9 Å². The molecule has 0 radical (unpaired) electrons. The summed E-state index contributed by atoms with van der Waals surface area (Å²) in [6, 6.07) is 16.5. The number of ether oxygens (including phenoxy) is 2. The fraction of sp³-hybridized carbons (Fsp3) is 0.167. The number of ketones is 1. The number of aromatic nitrogens is 2. The van der Waals surface area contributed by atoms with Gasteiger partial charge in [-0.1, -0.05) is 54.2 Å². The van der Waals surface area contributed by atoms with Crippen LogP contribution in [0.15, 0.2) is 64.2 Å². The zero-order valence-electron chi connectivity index (χ0n) is 13.1. The summed E-state index contributed by atoms with van der Waals surface area (Å²) in [7, 11) is 0. The minimum atomic E-state index is -0.457. The highest BCUT2D eigenvalue weighted by Gasteiger charge is 2.27. The summed E-state index contributed by atoms with van der Waals surface area (Å²) < 4.78 is 17.1. The highest BCUT2D eigenvalue weighted by Crippen LogP contribution is 2.35. The average molecular weight is 354 g/mol. The number of benzene rings is 2. The first-order valence-corrected chi connectivity index (χ1v) is 8.71. The highest BCUT2D eigenvalue weighted by atomic mass is 32.2. The summed E-state index contributed by atoms with van der Waals surface area (Å²) >= 11 is 1.21. The Hall–Kier alpha value is -2.80. The second-order valence-corrected chi connectivity index (χ2v) is 6.27. The Bertz CT molecular complexity index is 882. The molecule has 0 saturated heterocycles. The number of fused-ring (bicyclic) bond motifs is 1. The lowest BCUT2D eigenvalue weighted by atomic mass is 10.2. The Kier molecular flexibility index (Phi) is 4.39. The van der Waals surface area contributed by atoms with Crippen molar-refractivity contribution >= 4 is 17.5 Å². The number of Topliss-reactive ketones (excluding diaryl/α,β-unsaturated/α-hetero) is 1. The van der Waals surface area contributed by atoms with Gasteiger partial charge in [0.2, 0.25) is 6.10 Å². The van der Waals surface area contributed by atoms with E-state index in [2.05, 4.69) is 10.2 Å². The van der Waals surface area contributed by atoms with E-state index in [0.29, 0.717) is 34.8 Å². The molecule has 3 aromatic rings. The van der Waals surface area contributed by atoms with Crippen LogP contribution >= 0.6 is 11.8 Å². The number of carbonyl (C=O) groups is 1. The van der Waals surface area contributed by atoms with E-state index in [0.717, 1.165) is 0 Å². The van der Waals surface area contributed by atoms with Gasteiger partial charge < -0.3 is 13.9 Å². The van der Waals surface area contributed by atoms with Gasteiger partial charge in [-0.05, 0) is 12.1 Å². The van der Waals surface area contributed by atoms with E-state index in [1.165, 1.54) is 11.8 Å². The van der Waals surface area contributed by atoms with Crippen LogP contribution in [0.5, 0.6) is 11.5 Å². The van der Waals surface area contributed by atoms with Crippen molar-refractivity contribution in [2.45, 2.75) is 11.3 Å². The van der Waals surface area contributed by atoms with E-state index >= 15 is 0 Å². The molecule has 1 unspecified atom stereocenters. The SMILES string of the molecule is O=C(CSc1nnc(C2COc3ccccc3O2)o1)c1ccccc1. The maximum atomic E-state index is 12.1. The molecule has 4 rings (SSSR count). The smallest absolute Gasteiger partial charge is 0.277 e. The van der Waals surface area contributed by atoms with Crippen LogP contribution in [0.3, 0.4) is 0 Å². The molecule has 126 valence electrons. The predicted octanol–water partition coefficient (Wildman–Crippen LogP) is 3.56. The van der Waals surface area contributed by atoms with Crippen LogP contribution in [-0.2, 0) is 0 Å². The van der Waals surface area contributed by atoms with Crippen molar-refractivity contribution in [2.24, 2.45) is 0 Å². The average Bonchev–Trinajstić information content (AvgIpc) is 3.15. The molecule has 0 aliphatic carbocycles. The van der Waals surface area contributed by atoms with Crippen molar-refractivity contribution < 1.29 is 18.7 Å². The summed E-state index contributed by atoms with van der Waals surface area (Å²) in [6.07, 6.45) is -0.457. The van der Waals surface area contributed by atoms with E-state index < -0.39 is 6.10 Å². The summed E-state index contributed by atoms with van der Waals surface area (Å²) in [5.41, 5.74) is 0.662. The maximum Gasteiger partial charge on any atom is 0.277 e. The minimum absolute atomic E-state index is 0.0107. The third kappa shape index (κ3) is 3.51. The molecule has 2 heterocycles. The second-order valence-electron chi connectivity index (χ2n) is 5.35. The van der Waals surface area contributed by atoms with Crippen LogP contribution in [0.4, 0.5) is 0 Å². The van der Waals surface area contributed by atoms with Crippen molar-refractivity contribution in [3.63, 3.8) is 0 Å². The van der Waals surface area contributed by atoms with Crippen LogP contribution in [0.25, 0.3) is 0 Å². The summed E-state index contributed by atoms with van der Waals surface area (Å²) in [6.45, 7) is 0.298. The van der Waals surface area contributed by atoms with Gasteiger partial charge in [-0.2, -0.15) is 0 Å². The number of nitrogens with zero attached hydrogens (tertiary/aromatic N) is 2. The molecule has 0 fully saturated rings. The Balaban J connectivity index is 1.39. The van der Waals surface area contributed by atoms with E-state index in [1.54, 1.807) is 12.1 Å². The van der Waals surface area contributed by atoms with Crippen LogP contribution in [0.2, 0.25) is 0 Å². The van der Waals surface area contributed by atoms with Gasteiger partial charge in [-0.25, -0.2) is 0 Å². The van der Waals surface area contributed by atoms with Crippen LogP contribution < -0.4 is 9.47 Å². The molecule has 1 aliphatic rings. The van der Waals surface area contributed by atoms with Gasteiger partial charge in [-0.3, -0.25) is 4.79 Å². The first-order valence-electron chi connectivity index (χ1n) is 7.72. The molecule has 6 nitrogen and oxygen atoms in total. The lowest BCUT2D eigenvalue weighted by Crippen LogP contribution is -2.21. The monoisotopic (exact) mass is 354 g/mol. The molecule has 1 aliphatic heterocycles. The molecule has 0 bridgehead atoms. The Morgan fingerprint density at radius 1 is 1.04 bits per heavy atom. The second kappa shape index (κ2) is 6.98. The molecule has 0 saturated carbocycles. The molecule has 7 heteroatoms. The molecule has 1 atom stereocenters.